The Balaban J connectivity index is 1.84. The lowest BCUT2D eigenvalue weighted by Crippen LogP contribution is -2.48. The Morgan fingerprint density at radius 3 is 2.44 bits per heavy atom. The van der Waals surface area contributed by atoms with Gasteiger partial charge in [0, 0.05) is 19.1 Å². The fourth-order valence-corrected chi connectivity index (χ4v) is 3.03. The van der Waals surface area contributed by atoms with Gasteiger partial charge in [0.15, 0.2) is 6.61 Å². The number of aryl methyl sites for hydroxylation is 2. The fourth-order valence-electron chi connectivity index (χ4n) is 2.96. The zero-order valence-electron chi connectivity index (χ0n) is 15.4. The maximum atomic E-state index is 12.4. The second kappa shape index (κ2) is 8.56. The Morgan fingerprint density at radius 2 is 1.84 bits per heavy atom. The predicted octanol–water partition coefficient (Wildman–Crippen LogP) is 2.73. The molecule has 1 aliphatic rings. The molecule has 138 valence electrons. The topological polar surface area (TPSA) is 58.6 Å². The van der Waals surface area contributed by atoms with Gasteiger partial charge in [-0.25, -0.2) is 0 Å². The van der Waals surface area contributed by atoms with Crippen molar-refractivity contribution in [2.75, 3.05) is 19.7 Å². The number of carbonyl (C=O) groups is 2. The largest absolute Gasteiger partial charge is 0.483 e. The number of hydrogen-bond acceptors (Lipinski definition) is 3. The summed E-state index contributed by atoms with van der Waals surface area (Å²) >= 11 is 5.77. The first-order chi connectivity index (χ1) is 11.8. The van der Waals surface area contributed by atoms with Crippen LogP contribution in [0.4, 0.5) is 0 Å². The van der Waals surface area contributed by atoms with E-state index in [1.165, 1.54) is 0 Å². The van der Waals surface area contributed by atoms with Crippen LogP contribution in [0, 0.1) is 20.8 Å². The number of rotatable bonds is 5. The number of nitrogens with zero attached hydrogens (tertiary/aromatic N) is 1. The normalized spacial score (nSPS) is 16.4. The van der Waals surface area contributed by atoms with Crippen LogP contribution in [0.3, 0.4) is 0 Å². The zero-order chi connectivity index (χ0) is 18.6. The number of alkyl halides is 1. The second-order valence-corrected chi connectivity index (χ2v) is 7.38. The van der Waals surface area contributed by atoms with Crippen molar-refractivity contribution in [3.63, 3.8) is 0 Å². The Kier molecular flexibility index (Phi) is 6.71. The SMILES string of the molecule is Cc1ccc(C)c(OCC(=O)N2CCC(NC(=O)C(C)Cl)CC2)c1C. The number of ether oxygens (including phenoxy) is 1. The molecule has 0 aliphatic carbocycles. The Labute approximate surface area is 154 Å². The molecule has 1 aromatic rings. The summed E-state index contributed by atoms with van der Waals surface area (Å²) < 4.78 is 5.81. The Morgan fingerprint density at radius 1 is 1.24 bits per heavy atom. The van der Waals surface area contributed by atoms with Crippen molar-refractivity contribution < 1.29 is 14.3 Å². The van der Waals surface area contributed by atoms with Crippen LogP contribution in [0.15, 0.2) is 12.1 Å². The van der Waals surface area contributed by atoms with Gasteiger partial charge in [0.25, 0.3) is 5.91 Å². The van der Waals surface area contributed by atoms with Crippen LogP contribution in [0.2, 0.25) is 0 Å². The minimum atomic E-state index is -0.533. The number of benzene rings is 1. The molecule has 5 nitrogen and oxygen atoms in total. The third kappa shape index (κ3) is 5.11. The van der Waals surface area contributed by atoms with E-state index in [0.717, 1.165) is 35.3 Å². The zero-order valence-corrected chi connectivity index (χ0v) is 16.2. The van der Waals surface area contributed by atoms with Crippen molar-refractivity contribution in [2.45, 2.75) is 52.0 Å². The molecule has 1 unspecified atom stereocenters. The minimum Gasteiger partial charge on any atom is -0.483 e. The summed E-state index contributed by atoms with van der Waals surface area (Å²) in [5.41, 5.74) is 3.26. The van der Waals surface area contributed by atoms with Crippen molar-refractivity contribution >= 4 is 23.4 Å². The molecule has 1 heterocycles. The molecule has 0 aromatic heterocycles. The van der Waals surface area contributed by atoms with Gasteiger partial charge in [0.1, 0.15) is 11.1 Å². The predicted molar refractivity (Wildman–Crippen MR) is 99.2 cm³/mol. The first-order valence-electron chi connectivity index (χ1n) is 8.71. The van der Waals surface area contributed by atoms with E-state index in [2.05, 4.69) is 11.4 Å². The van der Waals surface area contributed by atoms with Crippen LogP contribution >= 0.6 is 11.6 Å². The van der Waals surface area contributed by atoms with Gasteiger partial charge in [-0.05, 0) is 57.2 Å². The molecule has 0 spiro atoms. The standard InChI is InChI=1S/C19H27ClN2O3/c1-12-5-6-13(2)18(14(12)3)25-11-17(23)22-9-7-16(8-10-22)21-19(24)15(4)20/h5-6,15-16H,7-11H2,1-4H3,(H,21,24). The van der Waals surface area contributed by atoms with E-state index in [1.54, 1.807) is 11.8 Å². The van der Waals surface area contributed by atoms with Gasteiger partial charge in [0.2, 0.25) is 5.91 Å². The van der Waals surface area contributed by atoms with Crippen molar-refractivity contribution in [1.29, 1.82) is 0 Å². The molecule has 1 saturated heterocycles. The smallest absolute Gasteiger partial charge is 0.260 e. The summed E-state index contributed by atoms with van der Waals surface area (Å²) in [5.74, 6) is 0.627. The van der Waals surface area contributed by atoms with E-state index < -0.39 is 5.38 Å². The lowest BCUT2D eigenvalue weighted by molar-refractivity contribution is -0.134. The molecular weight excluding hydrogens is 340 g/mol. The van der Waals surface area contributed by atoms with Crippen molar-refractivity contribution in [3.8, 4) is 5.75 Å². The molecule has 1 atom stereocenters. The number of halogens is 1. The highest BCUT2D eigenvalue weighted by molar-refractivity contribution is 6.30. The van der Waals surface area contributed by atoms with Gasteiger partial charge < -0.3 is 15.0 Å². The maximum Gasteiger partial charge on any atom is 0.260 e. The fraction of sp³-hybridized carbons (Fsp3) is 0.579. The highest BCUT2D eigenvalue weighted by atomic mass is 35.5. The molecule has 1 N–H and O–H groups in total. The van der Waals surface area contributed by atoms with Crippen LogP contribution in [-0.2, 0) is 9.59 Å². The first-order valence-corrected chi connectivity index (χ1v) is 9.15. The van der Waals surface area contributed by atoms with E-state index >= 15 is 0 Å². The lowest BCUT2D eigenvalue weighted by Gasteiger charge is -2.32. The molecule has 0 saturated carbocycles. The number of hydrogen-bond donors (Lipinski definition) is 1. The highest BCUT2D eigenvalue weighted by Gasteiger charge is 2.25. The third-order valence-corrected chi connectivity index (χ3v) is 4.97. The van der Waals surface area contributed by atoms with Crippen LogP contribution < -0.4 is 10.1 Å². The molecule has 0 bridgehead atoms. The summed E-state index contributed by atoms with van der Waals surface area (Å²) in [4.78, 5) is 25.8. The van der Waals surface area contributed by atoms with E-state index in [1.807, 2.05) is 26.8 Å². The summed E-state index contributed by atoms with van der Waals surface area (Å²) in [6.45, 7) is 8.96. The summed E-state index contributed by atoms with van der Waals surface area (Å²) in [6.07, 6.45) is 1.48. The molecule has 1 aromatic carbocycles. The molecule has 1 fully saturated rings. The molecule has 2 rings (SSSR count). The van der Waals surface area contributed by atoms with Gasteiger partial charge in [-0.1, -0.05) is 12.1 Å². The quantitative estimate of drug-likeness (QED) is 0.815. The van der Waals surface area contributed by atoms with E-state index in [0.29, 0.717) is 13.1 Å². The summed E-state index contributed by atoms with van der Waals surface area (Å²) in [5, 5.41) is 2.38. The molecule has 0 radical (unpaired) electrons. The molecule has 6 heteroatoms. The van der Waals surface area contributed by atoms with Crippen LogP contribution in [0.1, 0.15) is 36.5 Å². The first kappa shape index (κ1) is 19.6. The van der Waals surface area contributed by atoms with E-state index in [9.17, 15) is 9.59 Å². The lowest BCUT2D eigenvalue weighted by atomic mass is 10.0. The molecule has 2 amide bonds. The molecule has 1 aliphatic heterocycles. The number of likely N-dealkylation sites (tertiary alicyclic amines) is 1. The van der Waals surface area contributed by atoms with Crippen LogP contribution in [0.5, 0.6) is 5.75 Å². The van der Waals surface area contributed by atoms with Gasteiger partial charge in [-0.2, -0.15) is 0 Å². The van der Waals surface area contributed by atoms with Crippen LogP contribution in [0.25, 0.3) is 0 Å². The van der Waals surface area contributed by atoms with E-state index in [4.69, 9.17) is 16.3 Å². The van der Waals surface area contributed by atoms with Crippen molar-refractivity contribution in [3.05, 3.63) is 28.8 Å². The summed E-state index contributed by atoms with van der Waals surface area (Å²) in [6, 6.07) is 4.15. The average molecular weight is 367 g/mol. The van der Waals surface area contributed by atoms with Crippen molar-refractivity contribution in [2.24, 2.45) is 0 Å². The average Bonchev–Trinajstić information content (AvgIpc) is 2.58. The number of piperidine rings is 1. The van der Waals surface area contributed by atoms with Gasteiger partial charge in [0.05, 0.1) is 0 Å². The Hall–Kier alpha value is -1.75. The minimum absolute atomic E-state index is 0.0178. The third-order valence-electron chi connectivity index (χ3n) is 4.77. The second-order valence-electron chi connectivity index (χ2n) is 6.72. The number of nitrogens with one attached hydrogen (secondary N) is 1. The van der Waals surface area contributed by atoms with Gasteiger partial charge in [-0.15, -0.1) is 11.6 Å². The van der Waals surface area contributed by atoms with Gasteiger partial charge in [-0.3, -0.25) is 9.59 Å². The monoisotopic (exact) mass is 366 g/mol. The van der Waals surface area contributed by atoms with E-state index in [-0.39, 0.29) is 24.5 Å². The Bertz CT molecular complexity index is 638. The van der Waals surface area contributed by atoms with Crippen LogP contribution in [-0.4, -0.2) is 47.8 Å². The molecular formula is C19H27ClN2O3. The molecule has 25 heavy (non-hydrogen) atoms. The summed E-state index contributed by atoms with van der Waals surface area (Å²) in [7, 11) is 0. The highest BCUT2D eigenvalue weighted by Crippen LogP contribution is 2.25. The number of carbonyl (C=O) groups excluding carboxylic acids is 2. The number of amides is 2. The van der Waals surface area contributed by atoms with Gasteiger partial charge >= 0.3 is 0 Å². The van der Waals surface area contributed by atoms with Crippen molar-refractivity contribution in [1.82, 2.24) is 10.2 Å². The maximum absolute atomic E-state index is 12.4.